The first-order valence-electron chi connectivity index (χ1n) is 9.07. The zero-order valence-corrected chi connectivity index (χ0v) is 17.8. The number of rotatable bonds is 6. The van der Waals surface area contributed by atoms with E-state index < -0.39 is 5.91 Å². The normalized spacial score (nSPS) is 11.1. The summed E-state index contributed by atoms with van der Waals surface area (Å²) in [7, 11) is 0. The summed E-state index contributed by atoms with van der Waals surface area (Å²) in [6.07, 6.45) is 3.21. The summed E-state index contributed by atoms with van der Waals surface area (Å²) >= 11 is 3.50. The number of carbonyl (C=O) groups is 1. The van der Waals surface area contributed by atoms with Crippen molar-refractivity contribution < 1.29 is 9.18 Å². The van der Waals surface area contributed by atoms with Crippen molar-refractivity contribution in [2.45, 2.75) is 27.1 Å². The Morgan fingerprint density at radius 1 is 1.10 bits per heavy atom. The van der Waals surface area contributed by atoms with Crippen LogP contribution >= 0.6 is 15.9 Å². The molecule has 0 bridgehead atoms. The summed E-state index contributed by atoms with van der Waals surface area (Å²) in [5.41, 5.74) is 2.98. The molecule has 0 radical (unpaired) electrons. The van der Waals surface area contributed by atoms with Gasteiger partial charge in [0.15, 0.2) is 5.69 Å². The van der Waals surface area contributed by atoms with Crippen LogP contribution < -0.4 is 5.32 Å². The van der Waals surface area contributed by atoms with Gasteiger partial charge in [0.2, 0.25) is 5.95 Å². The molecule has 0 spiro atoms. The number of halogens is 2. The van der Waals surface area contributed by atoms with Gasteiger partial charge in [-0.2, -0.15) is 10.2 Å². The lowest BCUT2D eigenvalue weighted by Gasteiger charge is -2.04. The second-order valence-electron chi connectivity index (χ2n) is 6.71. The Kier molecular flexibility index (Phi) is 5.44. The molecule has 1 aromatic carbocycles. The fourth-order valence-corrected chi connectivity index (χ4v) is 3.17. The fraction of sp³-hybridized carbons (Fsp3) is 0.211. The standard InChI is InChI=1S/C19H18BrFN8O/c1-12-17(20)13(2)29(24-12)11-27-8-7-16(25-27)18(30)23-19-22-10-28(26-19)9-14-3-5-15(21)6-4-14/h3-8,10H,9,11H2,1-2H3,(H,23,26,30). The van der Waals surface area contributed by atoms with Crippen molar-refractivity contribution in [2.24, 2.45) is 0 Å². The zero-order chi connectivity index (χ0) is 21.3. The van der Waals surface area contributed by atoms with Gasteiger partial charge in [-0.1, -0.05) is 12.1 Å². The number of hydrogen-bond acceptors (Lipinski definition) is 5. The van der Waals surface area contributed by atoms with E-state index in [1.165, 1.54) is 18.5 Å². The van der Waals surface area contributed by atoms with Gasteiger partial charge >= 0.3 is 0 Å². The van der Waals surface area contributed by atoms with Gasteiger partial charge in [-0.15, -0.1) is 5.10 Å². The number of hydrogen-bond donors (Lipinski definition) is 1. The van der Waals surface area contributed by atoms with Crippen LogP contribution in [0.4, 0.5) is 10.3 Å². The Balaban J connectivity index is 1.39. The number of aromatic nitrogens is 7. The SMILES string of the molecule is Cc1nn(Cn2ccc(C(=O)Nc3ncn(Cc4ccc(F)cc4)n3)n2)c(C)c1Br. The molecule has 3 heterocycles. The number of nitrogens with one attached hydrogen (secondary N) is 1. The van der Waals surface area contributed by atoms with Gasteiger partial charge in [-0.05, 0) is 53.5 Å². The molecular formula is C19H18BrFN8O. The molecule has 0 unspecified atom stereocenters. The van der Waals surface area contributed by atoms with Gasteiger partial charge < -0.3 is 0 Å². The van der Waals surface area contributed by atoms with Crippen LogP contribution in [0.2, 0.25) is 0 Å². The third-order valence-corrected chi connectivity index (χ3v) is 5.61. The Morgan fingerprint density at radius 2 is 1.87 bits per heavy atom. The van der Waals surface area contributed by atoms with Gasteiger partial charge in [0.25, 0.3) is 5.91 Å². The highest BCUT2D eigenvalue weighted by atomic mass is 79.9. The van der Waals surface area contributed by atoms with Crippen LogP contribution in [0.5, 0.6) is 0 Å². The van der Waals surface area contributed by atoms with Gasteiger partial charge in [-0.3, -0.25) is 14.8 Å². The van der Waals surface area contributed by atoms with E-state index in [1.54, 1.807) is 38.4 Å². The van der Waals surface area contributed by atoms with Crippen molar-refractivity contribution in [3.63, 3.8) is 0 Å². The van der Waals surface area contributed by atoms with Crippen LogP contribution in [0.25, 0.3) is 0 Å². The molecule has 3 aromatic heterocycles. The molecule has 0 aliphatic heterocycles. The Morgan fingerprint density at radius 3 is 2.57 bits per heavy atom. The third-order valence-electron chi connectivity index (χ3n) is 4.46. The summed E-state index contributed by atoms with van der Waals surface area (Å²) in [4.78, 5) is 16.5. The average molecular weight is 473 g/mol. The predicted octanol–water partition coefficient (Wildman–Crippen LogP) is 3.00. The summed E-state index contributed by atoms with van der Waals surface area (Å²) in [5, 5.41) is 15.6. The molecule has 30 heavy (non-hydrogen) atoms. The van der Waals surface area contributed by atoms with Gasteiger partial charge in [0.05, 0.1) is 22.4 Å². The number of aryl methyl sites for hydroxylation is 1. The first-order valence-corrected chi connectivity index (χ1v) is 9.86. The highest BCUT2D eigenvalue weighted by molar-refractivity contribution is 9.10. The molecule has 0 saturated carbocycles. The van der Waals surface area contributed by atoms with Crippen LogP contribution in [0.3, 0.4) is 0 Å². The van der Waals surface area contributed by atoms with E-state index in [1.807, 2.05) is 13.8 Å². The van der Waals surface area contributed by atoms with E-state index in [0.29, 0.717) is 13.2 Å². The maximum absolute atomic E-state index is 13.0. The predicted molar refractivity (Wildman–Crippen MR) is 111 cm³/mol. The Hall–Kier alpha value is -3.34. The topological polar surface area (TPSA) is 95.5 Å². The van der Waals surface area contributed by atoms with E-state index in [4.69, 9.17) is 0 Å². The van der Waals surface area contributed by atoms with Gasteiger partial charge in [-0.25, -0.2) is 18.7 Å². The smallest absolute Gasteiger partial charge is 0.278 e. The molecule has 9 nitrogen and oxygen atoms in total. The molecule has 1 N–H and O–H groups in total. The molecular weight excluding hydrogens is 455 g/mol. The van der Waals surface area contributed by atoms with Crippen molar-refractivity contribution in [1.82, 2.24) is 34.3 Å². The molecule has 0 atom stereocenters. The van der Waals surface area contributed by atoms with Gasteiger partial charge in [0, 0.05) is 6.20 Å². The lowest BCUT2D eigenvalue weighted by atomic mass is 10.2. The van der Waals surface area contributed by atoms with E-state index in [2.05, 4.69) is 41.5 Å². The van der Waals surface area contributed by atoms with E-state index in [-0.39, 0.29) is 17.5 Å². The number of carbonyl (C=O) groups excluding carboxylic acids is 1. The highest BCUT2D eigenvalue weighted by Gasteiger charge is 2.14. The second kappa shape index (κ2) is 8.19. The maximum atomic E-state index is 13.0. The molecule has 0 aliphatic rings. The second-order valence-corrected chi connectivity index (χ2v) is 7.51. The largest absolute Gasteiger partial charge is 0.288 e. The van der Waals surface area contributed by atoms with E-state index in [9.17, 15) is 9.18 Å². The Labute approximate surface area is 179 Å². The molecule has 0 fully saturated rings. The van der Waals surface area contributed by atoms with Crippen molar-refractivity contribution in [3.8, 4) is 0 Å². The minimum Gasteiger partial charge on any atom is -0.288 e. The zero-order valence-electron chi connectivity index (χ0n) is 16.3. The Bertz CT molecular complexity index is 1190. The van der Waals surface area contributed by atoms with Crippen LogP contribution in [-0.2, 0) is 13.2 Å². The third kappa shape index (κ3) is 4.30. The first-order chi connectivity index (χ1) is 14.4. The molecule has 11 heteroatoms. The van der Waals surface area contributed by atoms with Gasteiger partial charge in [0.1, 0.15) is 18.8 Å². The van der Waals surface area contributed by atoms with Crippen LogP contribution in [-0.4, -0.2) is 40.2 Å². The lowest BCUT2D eigenvalue weighted by Crippen LogP contribution is -2.16. The summed E-state index contributed by atoms with van der Waals surface area (Å²) in [6, 6.07) is 7.73. The first kappa shape index (κ1) is 20.0. The molecule has 154 valence electrons. The highest BCUT2D eigenvalue weighted by Crippen LogP contribution is 2.19. The minimum absolute atomic E-state index is 0.166. The van der Waals surface area contributed by atoms with Crippen molar-refractivity contribution >= 4 is 27.8 Å². The quantitative estimate of drug-likeness (QED) is 0.465. The summed E-state index contributed by atoms with van der Waals surface area (Å²) < 4.78 is 18.9. The lowest BCUT2D eigenvalue weighted by molar-refractivity contribution is 0.102. The fourth-order valence-electron chi connectivity index (χ4n) is 2.88. The molecule has 0 saturated heterocycles. The minimum atomic E-state index is -0.414. The number of anilines is 1. The van der Waals surface area contributed by atoms with Crippen LogP contribution in [0.15, 0.2) is 47.3 Å². The van der Waals surface area contributed by atoms with Crippen LogP contribution in [0, 0.1) is 19.7 Å². The summed E-state index contributed by atoms with van der Waals surface area (Å²) in [6.45, 7) is 4.67. The molecule has 4 rings (SSSR count). The number of nitrogens with zero attached hydrogens (tertiary/aromatic N) is 7. The molecule has 1 amide bonds. The number of amides is 1. The molecule has 0 aliphatic carbocycles. The average Bonchev–Trinajstić information content (AvgIpc) is 3.42. The number of benzene rings is 1. The van der Waals surface area contributed by atoms with Crippen molar-refractivity contribution in [1.29, 1.82) is 0 Å². The van der Waals surface area contributed by atoms with E-state index >= 15 is 0 Å². The molecule has 4 aromatic rings. The maximum Gasteiger partial charge on any atom is 0.278 e. The monoisotopic (exact) mass is 472 g/mol. The van der Waals surface area contributed by atoms with Crippen molar-refractivity contribution in [3.05, 3.63) is 75.8 Å². The van der Waals surface area contributed by atoms with Crippen molar-refractivity contribution in [2.75, 3.05) is 5.32 Å². The van der Waals surface area contributed by atoms with Crippen LogP contribution in [0.1, 0.15) is 27.4 Å². The van der Waals surface area contributed by atoms with E-state index in [0.717, 1.165) is 21.4 Å². The summed E-state index contributed by atoms with van der Waals surface area (Å²) in [5.74, 6) is -0.544.